The van der Waals surface area contributed by atoms with Crippen LogP contribution in [0.5, 0.6) is 11.5 Å². The van der Waals surface area contributed by atoms with E-state index in [1.54, 1.807) is 20.3 Å². The Morgan fingerprint density at radius 1 is 0.889 bits per heavy atom. The third kappa shape index (κ3) is 3.84. The summed E-state index contributed by atoms with van der Waals surface area (Å²) in [5.41, 5.74) is 0.836. The van der Waals surface area contributed by atoms with E-state index >= 15 is 0 Å². The Balaban J connectivity index is 1.76. The molecule has 1 saturated heterocycles. The average Bonchev–Trinajstić information content (AvgIpc) is 2.69. The quantitative estimate of drug-likeness (QED) is 0.775. The van der Waals surface area contributed by atoms with Gasteiger partial charge in [0.25, 0.3) is 0 Å². The molecule has 3 rings (SSSR count). The van der Waals surface area contributed by atoms with Crippen molar-refractivity contribution in [2.24, 2.45) is 0 Å². The molecule has 1 aliphatic heterocycles. The zero-order valence-electron chi connectivity index (χ0n) is 15.0. The van der Waals surface area contributed by atoms with E-state index in [1.165, 1.54) is 4.31 Å². The predicted molar refractivity (Wildman–Crippen MR) is 96.9 cm³/mol. The molecule has 0 amide bonds. The van der Waals surface area contributed by atoms with Gasteiger partial charge in [-0.15, -0.1) is 0 Å². The Kier molecular flexibility index (Phi) is 5.52. The van der Waals surface area contributed by atoms with Crippen molar-refractivity contribution >= 4 is 15.7 Å². The highest BCUT2D eigenvalue weighted by Crippen LogP contribution is 2.33. The molecule has 0 bridgehead atoms. The summed E-state index contributed by atoms with van der Waals surface area (Å²) in [7, 11) is -0.761. The van der Waals surface area contributed by atoms with Gasteiger partial charge in [-0.25, -0.2) is 17.2 Å². The topological polar surface area (TPSA) is 59.1 Å². The van der Waals surface area contributed by atoms with Crippen LogP contribution in [0.15, 0.2) is 41.3 Å². The number of sulfonamides is 1. The van der Waals surface area contributed by atoms with Crippen LogP contribution in [-0.2, 0) is 10.0 Å². The van der Waals surface area contributed by atoms with E-state index in [4.69, 9.17) is 9.47 Å². The van der Waals surface area contributed by atoms with Gasteiger partial charge in [0.15, 0.2) is 11.6 Å². The number of hydrogen-bond donors (Lipinski definition) is 0. The fraction of sp³-hybridized carbons (Fsp3) is 0.333. The Hall–Kier alpha value is -2.39. The number of ether oxygens (including phenoxy) is 2. The minimum atomic E-state index is -3.88. The number of nitrogens with zero attached hydrogens (tertiary/aromatic N) is 2. The van der Waals surface area contributed by atoms with Crippen LogP contribution in [0.2, 0.25) is 0 Å². The van der Waals surface area contributed by atoms with E-state index in [2.05, 4.69) is 0 Å². The van der Waals surface area contributed by atoms with Crippen LogP contribution in [0.25, 0.3) is 0 Å². The summed E-state index contributed by atoms with van der Waals surface area (Å²) in [6, 6.07) is 8.04. The first kappa shape index (κ1) is 19.4. The van der Waals surface area contributed by atoms with Gasteiger partial charge in [0.05, 0.1) is 24.8 Å². The molecular formula is C18H20F2N2O4S. The zero-order chi connectivity index (χ0) is 19.6. The van der Waals surface area contributed by atoms with Gasteiger partial charge >= 0.3 is 0 Å². The lowest BCUT2D eigenvalue weighted by Gasteiger charge is -2.36. The monoisotopic (exact) mass is 398 g/mol. The predicted octanol–water partition coefficient (Wildman–Crippen LogP) is 2.49. The number of rotatable bonds is 5. The number of halogens is 2. The molecule has 0 N–H and O–H groups in total. The highest BCUT2D eigenvalue weighted by atomic mass is 32.2. The minimum absolute atomic E-state index is 0.219. The van der Waals surface area contributed by atoms with E-state index in [9.17, 15) is 17.2 Å². The summed E-state index contributed by atoms with van der Waals surface area (Å²) in [5, 5.41) is 0. The number of anilines is 1. The Bertz CT molecular complexity index is 929. The second kappa shape index (κ2) is 7.69. The first-order valence-corrected chi connectivity index (χ1v) is 9.73. The van der Waals surface area contributed by atoms with Gasteiger partial charge in [0.2, 0.25) is 10.0 Å². The molecule has 2 aromatic carbocycles. The first-order valence-electron chi connectivity index (χ1n) is 8.29. The molecule has 1 heterocycles. The summed E-state index contributed by atoms with van der Waals surface area (Å²) in [6.45, 7) is 1.31. The maximum absolute atomic E-state index is 13.4. The normalized spacial score (nSPS) is 15.6. The maximum Gasteiger partial charge on any atom is 0.243 e. The lowest BCUT2D eigenvalue weighted by molar-refractivity contribution is 0.375. The van der Waals surface area contributed by atoms with Crippen LogP contribution in [-0.4, -0.2) is 53.1 Å². The average molecular weight is 398 g/mol. The van der Waals surface area contributed by atoms with Gasteiger partial charge in [-0.1, -0.05) is 0 Å². The van der Waals surface area contributed by atoms with Crippen molar-refractivity contribution in [3.63, 3.8) is 0 Å². The second-order valence-electron chi connectivity index (χ2n) is 6.00. The molecule has 6 nitrogen and oxygen atoms in total. The molecule has 146 valence electrons. The number of hydrogen-bond acceptors (Lipinski definition) is 5. The van der Waals surface area contributed by atoms with Crippen molar-refractivity contribution in [2.75, 3.05) is 45.3 Å². The van der Waals surface area contributed by atoms with Crippen molar-refractivity contribution in [1.29, 1.82) is 0 Å². The fourth-order valence-electron chi connectivity index (χ4n) is 3.00. The lowest BCUT2D eigenvalue weighted by Crippen LogP contribution is -2.48. The van der Waals surface area contributed by atoms with Crippen LogP contribution in [0, 0.1) is 11.6 Å². The Morgan fingerprint density at radius 3 is 2.19 bits per heavy atom. The number of methoxy groups -OCH3 is 2. The van der Waals surface area contributed by atoms with E-state index in [0.717, 1.165) is 17.8 Å². The van der Waals surface area contributed by atoms with Crippen molar-refractivity contribution in [3.8, 4) is 11.5 Å². The number of benzene rings is 2. The van der Waals surface area contributed by atoms with Gasteiger partial charge in [0, 0.05) is 32.2 Å². The summed E-state index contributed by atoms with van der Waals surface area (Å²) in [5.74, 6) is -0.968. The molecule has 9 heteroatoms. The minimum Gasteiger partial charge on any atom is -0.497 e. The highest BCUT2D eigenvalue weighted by Gasteiger charge is 2.30. The van der Waals surface area contributed by atoms with Crippen molar-refractivity contribution in [1.82, 2.24) is 4.31 Å². The van der Waals surface area contributed by atoms with Gasteiger partial charge < -0.3 is 14.4 Å². The zero-order valence-corrected chi connectivity index (χ0v) is 15.8. The summed E-state index contributed by atoms with van der Waals surface area (Å²) in [4.78, 5) is 1.76. The molecule has 27 heavy (non-hydrogen) atoms. The smallest absolute Gasteiger partial charge is 0.243 e. The molecule has 0 atom stereocenters. The molecule has 0 spiro atoms. The SMILES string of the molecule is COc1ccc(N2CCN(S(=O)(=O)c3ccc(F)c(F)c3)CC2)c(OC)c1. The van der Waals surface area contributed by atoms with E-state index < -0.39 is 21.7 Å². The summed E-state index contributed by atoms with van der Waals surface area (Å²) < 4.78 is 63.7. The van der Waals surface area contributed by atoms with Crippen molar-refractivity contribution < 1.29 is 26.7 Å². The van der Waals surface area contributed by atoms with E-state index in [1.807, 2.05) is 17.0 Å². The molecule has 0 unspecified atom stereocenters. The van der Waals surface area contributed by atoms with E-state index in [0.29, 0.717) is 30.7 Å². The molecule has 0 aromatic heterocycles. The fourth-order valence-corrected chi connectivity index (χ4v) is 4.44. The van der Waals surface area contributed by atoms with Crippen molar-refractivity contribution in [2.45, 2.75) is 4.90 Å². The largest absolute Gasteiger partial charge is 0.497 e. The number of piperazine rings is 1. The summed E-state index contributed by atoms with van der Waals surface area (Å²) >= 11 is 0. The van der Waals surface area contributed by atoms with Crippen LogP contribution in [0.4, 0.5) is 14.5 Å². The second-order valence-corrected chi connectivity index (χ2v) is 7.94. The van der Waals surface area contributed by atoms with Gasteiger partial charge in [-0.2, -0.15) is 4.31 Å². The molecule has 1 aliphatic rings. The van der Waals surface area contributed by atoms with Gasteiger partial charge in [-0.3, -0.25) is 0 Å². The van der Waals surface area contributed by atoms with Crippen LogP contribution >= 0.6 is 0 Å². The van der Waals surface area contributed by atoms with Gasteiger partial charge in [0.1, 0.15) is 11.5 Å². The lowest BCUT2D eigenvalue weighted by atomic mass is 10.2. The summed E-state index contributed by atoms with van der Waals surface area (Å²) in [6.07, 6.45) is 0. The Labute approximate surface area is 157 Å². The van der Waals surface area contributed by atoms with Crippen LogP contribution in [0.1, 0.15) is 0 Å². The van der Waals surface area contributed by atoms with Crippen LogP contribution in [0.3, 0.4) is 0 Å². The molecular weight excluding hydrogens is 378 g/mol. The highest BCUT2D eigenvalue weighted by molar-refractivity contribution is 7.89. The Morgan fingerprint density at radius 2 is 1.59 bits per heavy atom. The third-order valence-electron chi connectivity index (χ3n) is 4.50. The van der Waals surface area contributed by atoms with Gasteiger partial charge in [-0.05, 0) is 30.3 Å². The maximum atomic E-state index is 13.4. The van der Waals surface area contributed by atoms with Crippen molar-refractivity contribution in [3.05, 3.63) is 48.0 Å². The molecule has 0 aliphatic carbocycles. The standard InChI is InChI=1S/C18H20F2N2O4S/c1-25-13-3-6-17(18(11-13)26-2)21-7-9-22(10-8-21)27(23,24)14-4-5-15(19)16(20)12-14/h3-6,11-12H,7-10H2,1-2H3. The van der Waals surface area contributed by atoms with Crippen LogP contribution < -0.4 is 14.4 Å². The molecule has 0 saturated carbocycles. The molecule has 1 fully saturated rings. The first-order chi connectivity index (χ1) is 12.9. The molecule has 2 aromatic rings. The van der Waals surface area contributed by atoms with E-state index in [-0.39, 0.29) is 18.0 Å². The third-order valence-corrected chi connectivity index (χ3v) is 6.39. The molecule has 0 radical (unpaired) electrons.